The van der Waals surface area contributed by atoms with Crippen LogP contribution in [0.1, 0.15) is 20.7 Å². The molecule has 152 valence electrons. The van der Waals surface area contributed by atoms with Crippen molar-refractivity contribution >= 4 is 35.0 Å². The van der Waals surface area contributed by atoms with E-state index < -0.39 is 11.8 Å². The molecular formula is C22H18ClN3O4. The summed E-state index contributed by atoms with van der Waals surface area (Å²) in [5, 5.41) is 3.13. The van der Waals surface area contributed by atoms with Gasteiger partial charge >= 0.3 is 0 Å². The lowest BCUT2D eigenvalue weighted by molar-refractivity contribution is -0.123. The first-order valence-electron chi connectivity index (χ1n) is 8.96. The third-order valence-corrected chi connectivity index (χ3v) is 4.26. The summed E-state index contributed by atoms with van der Waals surface area (Å²) in [7, 11) is 0. The van der Waals surface area contributed by atoms with Gasteiger partial charge in [-0.2, -0.15) is 0 Å². The van der Waals surface area contributed by atoms with Crippen LogP contribution in [0.3, 0.4) is 0 Å². The Morgan fingerprint density at radius 1 is 0.733 bits per heavy atom. The molecule has 3 N–H and O–H groups in total. The highest BCUT2D eigenvalue weighted by molar-refractivity contribution is 6.32. The number of benzene rings is 3. The molecule has 3 rings (SSSR count). The van der Waals surface area contributed by atoms with Crippen molar-refractivity contribution in [3.8, 4) is 5.75 Å². The lowest BCUT2D eigenvalue weighted by atomic mass is 10.1. The van der Waals surface area contributed by atoms with Gasteiger partial charge in [0.25, 0.3) is 17.7 Å². The number of carbonyl (C=O) groups excluding carboxylic acids is 3. The Balaban J connectivity index is 1.47. The zero-order chi connectivity index (χ0) is 21.3. The molecule has 0 aromatic heterocycles. The Kier molecular flexibility index (Phi) is 7.02. The van der Waals surface area contributed by atoms with Crippen LogP contribution in [0.15, 0.2) is 78.9 Å². The maximum atomic E-state index is 12.2. The van der Waals surface area contributed by atoms with Crippen LogP contribution in [-0.4, -0.2) is 24.3 Å². The van der Waals surface area contributed by atoms with E-state index in [-0.39, 0.29) is 12.5 Å². The highest BCUT2D eigenvalue weighted by Crippen LogP contribution is 2.22. The van der Waals surface area contributed by atoms with Crippen molar-refractivity contribution < 1.29 is 19.1 Å². The number of para-hydroxylation sites is 1. The van der Waals surface area contributed by atoms with Crippen LogP contribution in [0.25, 0.3) is 0 Å². The fourth-order valence-corrected chi connectivity index (χ4v) is 2.63. The van der Waals surface area contributed by atoms with Gasteiger partial charge in [0.1, 0.15) is 5.75 Å². The predicted octanol–water partition coefficient (Wildman–Crippen LogP) is 3.43. The van der Waals surface area contributed by atoms with Crippen molar-refractivity contribution in [2.45, 2.75) is 0 Å². The number of anilines is 1. The summed E-state index contributed by atoms with van der Waals surface area (Å²) in [5.74, 6) is -0.940. The van der Waals surface area contributed by atoms with Gasteiger partial charge in [0, 0.05) is 16.8 Å². The normalized spacial score (nSPS) is 10.0. The second kappa shape index (κ2) is 10.1. The topological polar surface area (TPSA) is 96.5 Å². The average molecular weight is 424 g/mol. The van der Waals surface area contributed by atoms with Crippen molar-refractivity contribution in [1.82, 2.24) is 10.9 Å². The molecule has 3 aromatic rings. The van der Waals surface area contributed by atoms with E-state index in [4.69, 9.17) is 16.3 Å². The van der Waals surface area contributed by atoms with E-state index in [1.807, 2.05) is 6.07 Å². The predicted molar refractivity (Wildman–Crippen MR) is 113 cm³/mol. The van der Waals surface area contributed by atoms with Crippen LogP contribution >= 0.6 is 11.6 Å². The minimum Gasteiger partial charge on any atom is -0.482 e. The molecule has 0 atom stereocenters. The number of hydrogen-bond donors (Lipinski definition) is 3. The molecule has 0 aliphatic heterocycles. The number of halogens is 1. The summed E-state index contributed by atoms with van der Waals surface area (Å²) in [6.45, 7) is -0.311. The number of hydrazine groups is 1. The fraction of sp³-hybridized carbons (Fsp3) is 0.0455. The summed E-state index contributed by atoms with van der Waals surface area (Å²) < 4.78 is 5.29. The van der Waals surface area contributed by atoms with Gasteiger partial charge in [-0.1, -0.05) is 41.9 Å². The molecular weight excluding hydrogens is 406 g/mol. The van der Waals surface area contributed by atoms with Crippen molar-refractivity contribution in [3.05, 3.63) is 95.0 Å². The van der Waals surface area contributed by atoms with Crippen LogP contribution in [0, 0.1) is 0 Å². The quantitative estimate of drug-likeness (QED) is 0.529. The molecule has 0 radical (unpaired) electrons. The molecule has 0 fully saturated rings. The maximum Gasteiger partial charge on any atom is 0.276 e. The molecule has 0 aliphatic rings. The van der Waals surface area contributed by atoms with E-state index in [2.05, 4.69) is 16.2 Å². The van der Waals surface area contributed by atoms with Crippen molar-refractivity contribution in [3.63, 3.8) is 0 Å². The molecule has 0 aliphatic carbocycles. The third-order valence-electron chi connectivity index (χ3n) is 3.95. The minimum atomic E-state index is -0.546. The van der Waals surface area contributed by atoms with Gasteiger partial charge in [-0.05, 0) is 48.5 Å². The molecule has 3 aromatic carbocycles. The Morgan fingerprint density at radius 3 is 2.07 bits per heavy atom. The number of ether oxygens (including phenoxy) is 1. The van der Waals surface area contributed by atoms with Crippen LogP contribution in [0.2, 0.25) is 5.02 Å². The molecule has 7 nitrogen and oxygen atoms in total. The second-order valence-electron chi connectivity index (χ2n) is 6.12. The molecule has 8 heteroatoms. The molecule has 0 bridgehead atoms. The summed E-state index contributed by atoms with van der Waals surface area (Å²) in [6, 6.07) is 21.8. The van der Waals surface area contributed by atoms with E-state index in [0.29, 0.717) is 27.6 Å². The third kappa shape index (κ3) is 5.83. The molecule has 0 heterocycles. The number of rotatable bonds is 6. The Morgan fingerprint density at radius 2 is 1.37 bits per heavy atom. The Labute approximate surface area is 178 Å². The van der Waals surface area contributed by atoms with Gasteiger partial charge in [0.15, 0.2) is 6.61 Å². The first-order chi connectivity index (χ1) is 14.5. The van der Waals surface area contributed by atoms with Crippen LogP contribution in [-0.2, 0) is 4.79 Å². The molecule has 0 saturated heterocycles. The SMILES string of the molecule is O=C(COc1ccccc1Cl)NNC(=O)c1ccc(NC(=O)c2ccccc2)cc1. The lowest BCUT2D eigenvalue weighted by Gasteiger charge is -2.10. The van der Waals surface area contributed by atoms with Gasteiger partial charge < -0.3 is 10.1 Å². The monoisotopic (exact) mass is 423 g/mol. The molecule has 0 unspecified atom stereocenters. The summed E-state index contributed by atoms with van der Waals surface area (Å²) in [4.78, 5) is 36.1. The highest BCUT2D eigenvalue weighted by atomic mass is 35.5. The highest BCUT2D eigenvalue weighted by Gasteiger charge is 2.10. The van der Waals surface area contributed by atoms with E-state index in [0.717, 1.165) is 0 Å². The van der Waals surface area contributed by atoms with Crippen molar-refractivity contribution in [2.24, 2.45) is 0 Å². The van der Waals surface area contributed by atoms with Crippen molar-refractivity contribution in [2.75, 3.05) is 11.9 Å². The number of amides is 3. The van der Waals surface area contributed by atoms with Crippen LogP contribution in [0.4, 0.5) is 5.69 Å². The van der Waals surface area contributed by atoms with Crippen LogP contribution < -0.4 is 20.9 Å². The zero-order valence-corrected chi connectivity index (χ0v) is 16.5. The fourth-order valence-electron chi connectivity index (χ4n) is 2.44. The van der Waals surface area contributed by atoms with Gasteiger partial charge in [-0.25, -0.2) is 0 Å². The van der Waals surface area contributed by atoms with Crippen molar-refractivity contribution in [1.29, 1.82) is 0 Å². The average Bonchev–Trinajstić information content (AvgIpc) is 2.78. The van der Waals surface area contributed by atoms with Crippen LogP contribution in [0.5, 0.6) is 5.75 Å². The van der Waals surface area contributed by atoms with Gasteiger partial charge in [-0.3, -0.25) is 25.2 Å². The molecule has 30 heavy (non-hydrogen) atoms. The largest absolute Gasteiger partial charge is 0.482 e. The van der Waals surface area contributed by atoms with E-state index >= 15 is 0 Å². The van der Waals surface area contributed by atoms with E-state index in [1.54, 1.807) is 60.7 Å². The van der Waals surface area contributed by atoms with Gasteiger partial charge in [0.05, 0.1) is 5.02 Å². The zero-order valence-electron chi connectivity index (χ0n) is 15.7. The maximum absolute atomic E-state index is 12.2. The summed E-state index contributed by atoms with van der Waals surface area (Å²) >= 11 is 5.94. The number of carbonyl (C=O) groups is 3. The van der Waals surface area contributed by atoms with Gasteiger partial charge in [-0.15, -0.1) is 0 Å². The van der Waals surface area contributed by atoms with E-state index in [1.165, 1.54) is 12.1 Å². The van der Waals surface area contributed by atoms with Gasteiger partial charge in [0.2, 0.25) is 0 Å². The number of nitrogens with one attached hydrogen (secondary N) is 3. The molecule has 0 saturated carbocycles. The summed E-state index contributed by atoms with van der Waals surface area (Å²) in [6.07, 6.45) is 0. The first kappa shape index (κ1) is 20.9. The van der Waals surface area contributed by atoms with E-state index in [9.17, 15) is 14.4 Å². The lowest BCUT2D eigenvalue weighted by Crippen LogP contribution is -2.43. The molecule has 0 spiro atoms. The molecule has 3 amide bonds. The Bertz CT molecular complexity index is 1040. The second-order valence-corrected chi connectivity index (χ2v) is 6.53. The number of hydrogen-bond acceptors (Lipinski definition) is 4. The smallest absolute Gasteiger partial charge is 0.276 e. The summed E-state index contributed by atoms with van der Waals surface area (Å²) in [5.41, 5.74) is 5.93. The first-order valence-corrected chi connectivity index (χ1v) is 9.34. The standard InChI is InChI=1S/C22H18ClN3O4/c23-18-8-4-5-9-19(18)30-14-20(27)25-26-22(29)16-10-12-17(13-11-16)24-21(28)15-6-2-1-3-7-15/h1-13H,14H2,(H,24,28)(H,25,27)(H,26,29). The minimum absolute atomic E-state index is 0.251. The Hall–Kier alpha value is -3.84.